The number of aliphatic carboxylic acids is 1. The molecule has 0 spiro atoms. The molecule has 7 heteroatoms. The fraction of sp³-hybridized carbons (Fsp3) is 0.154. The molecule has 0 bridgehead atoms. The van der Waals surface area contributed by atoms with E-state index in [1.807, 2.05) is 7.05 Å². The highest BCUT2D eigenvalue weighted by atomic mass is 32.2. The Kier molecular flexibility index (Phi) is 4.52. The maximum Gasteiger partial charge on any atom is 0.328 e. The largest absolute Gasteiger partial charge is 0.478 e. The summed E-state index contributed by atoms with van der Waals surface area (Å²) in [7, 11) is 1.83. The second-order valence-electron chi connectivity index (χ2n) is 4.03. The molecule has 20 heavy (non-hydrogen) atoms. The first-order valence-corrected chi connectivity index (χ1v) is 6.71. The molecular weight excluding hydrogens is 281 g/mol. The van der Waals surface area contributed by atoms with Crippen molar-refractivity contribution in [3.8, 4) is 0 Å². The molecule has 0 aliphatic rings. The minimum Gasteiger partial charge on any atom is -0.478 e. The Hall–Kier alpha value is -2.15. The summed E-state index contributed by atoms with van der Waals surface area (Å²) in [5.74, 6) is -0.921. The van der Waals surface area contributed by atoms with E-state index in [0.717, 1.165) is 16.8 Å². The molecule has 104 valence electrons. The van der Waals surface area contributed by atoms with Crippen LogP contribution in [0.25, 0.3) is 6.08 Å². The van der Waals surface area contributed by atoms with Crippen LogP contribution in [0.3, 0.4) is 0 Å². The van der Waals surface area contributed by atoms with Gasteiger partial charge in [0.25, 0.3) is 0 Å². The lowest BCUT2D eigenvalue weighted by atomic mass is 10.1. The van der Waals surface area contributed by atoms with Gasteiger partial charge < -0.3 is 9.67 Å². The summed E-state index contributed by atoms with van der Waals surface area (Å²) in [6, 6.07) is 4.30. The van der Waals surface area contributed by atoms with Crippen molar-refractivity contribution < 1.29 is 14.3 Å². The number of benzene rings is 1. The van der Waals surface area contributed by atoms with Gasteiger partial charge >= 0.3 is 5.97 Å². The van der Waals surface area contributed by atoms with Gasteiger partial charge in [-0.25, -0.2) is 9.18 Å². The SMILES string of the molecule is Cn1cnnc1SCc1ccc(F)cc1C=CC(=O)O. The molecule has 0 saturated heterocycles. The third-order valence-corrected chi connectivity index (χ3v) is 3.62. The molecule has 0 unspecified atom stereocenters. The van der Waals surface area contributed by atoms with Gasteiger partial charge in [-0.1, -0.05) is 17.8 Å². The van der Waals surface area contributed by atoms with Crippen LogP contribution in [0.4, 0.5) is 4.39 Å². The zero-order chi connectivity index (χ0) is 14.5. The van der Waals surface area contributed by atoms with Crippen LogP contribution in [0.2, 0.25) is 0 Å². The van der Waals surface area contributed by atoms with Crippen LogP contribution >= 0.6 is 11.8 Å². The lowest BCUT2D eigenvalue weighted by Crippen LogP contribution is -1.93. The monoisotopic (exact) mass is 293 g/mol. The number of aryl methyl sites for hydroxylation is 1. The lowest BCUT2D eigenvalue weighted by molar-refractivity contribution is -0.131. The highest BCUT2D eigenvalue weighted by Gasteiger charge is 2.06. The van der Waals surface area contributed by atoms with Crippen LogP contribution < -0.4 is 0 Å². The number of carboxylic acids is 1. The predicted molar refractivity (Wildman–Crippen MR) is 73.6 cm³/mol. The Bertz CT molecular complexity index is 655. The first-order chi connectivity index (χ1) is 9.56. The van der Waals surface area contributed by atoms with Crippen LogP contribution in [-0.2, 0) is 17.6 Å². The van der Waals surface area contributed by atoms with Gasteiger partial charge in [0.2, 0.25) is 0 Å². The number of hydrogen-bond donors (Lipinski definition) is 1. The molecule has 1 aromatic heterocycles. The molecule has 0 amide bonds. The molecule has 0 saturated carbocycles. The van der Waals surface area contributed by atoms with E-state index in [1.54, 1.807) is 17.0 Å². The first-order valence-electron chi connectivity index (χ1n) is 5.72. The normalized spacial score (nSPS) is 11.1. The Morgan fingerprint density at radius 2 is 2.35 bits per heavy atom. The quantitative estimate of drug-likeness (QED) is 0.677. The molecule has 1 heterocycles. The van der Waals surface area contributed by atoms with E-state index < -0.39 is 11.8 Å². The Balaban J connectivity index is 2.18. The van der Waals surface area contributed by atoms with Gasteiger partial charge in [0.15, 0.2) is 5.16 Å². The van der Waals surface area contributed by atoms with Crippen LogP contribution in [-0.4, -0.2) is 25.8 Å². The molecule has 0 radical (unpaired) electrons. The third-order valence-electron chi connectivity index (χ3n) is 2.54. The van der Waals surface area contributed by atoms with Crippen molar-refractivity contribution in [2.75, 3.05) is 0 Å². The summed E-state index contributed by atoms with van der Waals surface area (Å²) in [6.07, 6.45) is 3.97. The van der Waals surface area contributed by atoms with Gasteiger partial charge in [0.05, 0.1) is 0 Å². The number of halogens is 1. The maximum atomic E-state index is 13.2. The zero-order valence-corrected chi connectivity index (χ0v) is 11.5. The summed E-state index contributed by atoms with van der Waals surface area (Å²) in [4.78, 5) is 10.6. The van der Waals surface area contributed by atoms with Gasteiger partial charge in [-0.2, -0.15) is 0 Å². The van der Waals surface area contributed by atoms with Crippen molar-refractivity contribution in [2.45, 2.75) is 10.9 Å². The Labute approximate surface area is 119 Å². The fourth-order valence-electron chi connectivity index (χ4n) is 1.56. The average molecular weight is 293 g/mol. The first kappa shape index (κ1) is 14.3. The fourth-order valence-corrected chi connectivity index (χ4v) is 2.46. The van der Waals surface area contributed by atoms with E-state index in [9.17, 15) is 9.18 Å². The standard InChI is InChI=1S/C13H12FN3O2S/c1-17-8-15-16-13(17)20-7-10-2-4-11(14)6-9(10)3-5-12(18)19/h2-6,8H,7H2,1H3,(H,18,19). The molecule has 2 aromatic rings. The topological polar surface area (TPSA) is 68.0 Å². The van der Waals surface area contributed by atoms with Gasteiger partial charge in [-0.15, -0.1) is 10.2 Å². The second-order valence-corrected chi connectivity index (χ2v) is 4.97. The van der Waals surface area contributed by atoms with Crippen molar-refractivity contribution in [3.05, 3.63) is 47.5 Å². The van der Waals surface area contributed by atoms with E-state index in [-0.39, 0.29) is 0 Å². The number of rotatable bonds is 5. The molecule has 1 N–H and O–H groups in total. The van der Waals surface area contributed by atoms with E-state index in [0.29, 0.717) is 11.3 Å². The van der Waals surface area contributed by atoms with Crippen LogP contribution in [0.15, 0.2) is 35.8 Å². The van der Waals surface area contributed by atoms with E-state index in [4.69, 9.17) is 5.11 Å². The van der Waals surface area contributed by atoms with Crippen LogP contribution in [0, 0.1) is 5.82 Å². The van der Waals surface area contributed by atoms with E-state index >= 15 is 0 Å². The summed E-state index contributed by atoms with van der Waals surface area (Å²) in [5.41, 5.74) is 1.37. The lowest BCUT2D eigenvalue weighted by Gasteiger charge is -2.06. The van der Waals surface area contributed by atoms with Gasteiger partial charge in [-0.05, 0) is 29.3 Å². The summed E-state index contributed by atoms with van der Waals surface area (Å²) < 4.78 is 15.0. The van der Waals surface area contributed by atoms with Crippen molar-refractivity contribution in [3.63, 3.8) is 0 Å². The van der Waals surface area contributed by atoms with E-state index in [2.05, 4.69) is 10.2 Å². The molecule has 0 atom stereocenters. The zero-order valence-electron chi connectivity index (χ0n) is 10.7. The predicted octanol–water partition coefficient (Wildman–Crippen LogP) is 2.34. The number of hydrogen-bond acceptors (Lipinski definition) is 4. The highest BCUT2D eigenvalue weighted by Crippen LogP contribution is 2.23. The number of carboxylic acid groups (broad SMARTS) is 1. The average Bonchev–Trinajstić information content (AvgIpc) is 2.81. The van der Waals surface area contributed by atoms with E-state index in [1.165, 1.54) is 30.0 Å². The Morgan fingerprint density at radius 3 is 3.00 bits per heavy atom. The highest BCUT2D eigenvalue weighted by molar-refractivity contribution is 7.98. The summed E-state index contributed by atoms with van der Waals surface area (Å²) in [6.45, 7) is 0. The molecule has 5 nitrogen and oxygen atoms in total. The number of carbonyl (C=O) groups is 1. The molecule has 0 aliphatic heterocycles. The van der Waals surface area contributed by atoms with Gasteiger partial charge in [0.1, 0.15) is 12.1 Å². The van der Waals surface area contributed by atoms with Crippen molar-refractivity contribution >= 4 is 23.8 Å². The van der Waals surface area contributed by atoms with Crippen LogP contribution in [0.5, 0.6) is 0 Å². The van der Waals surface area contributed by atoms with Gasteiger partial charge in [-0.3, -0.25) is 0 Å². The van der Waals surface area contributed by atoms with Crippen LogP contribution in [0.1, 0.15) is 11.1 Å². The maximum absolute atomic E-state index is 13.2. The van der Waals surface area contributed by atoms with Gasteiger partial charge in [0, 0.05) is 18.9 Å². The minimum atomic E-state index is -1.07. The summed E-state index contributed by atoms with van der Waals surface area (Å²) in [5, 5.41) is 17.1. The Morgan fingerprint density at radius 1 is 1.55 bits per heavy atom. The van der Waals surface area contributed by atoms with Crippen molar-refractivity contribution in [1.29, 1.82) is 0 Å². The second kappa shape index (κ2) is 6.33. The number of thioether (sulfide) groups is 1. The number of aromatic nitrogens is 3. The molecule has 0 fully saturated rings. The molecule has 2 rings (SSSR count). The smallest absolute Gasteiger partial charge is 0.328 e. The molecule has 1 aromatic carbocycles. The molecular formula is C13H12FN3O2S. The van der Waals surface area contributed by atoms with Crippen molar-refractivity contribution in [1.82, 2.24) is 14.8 Å². The number of nitrogens with zero attached hydrogens (tertiary/aromatic N) is 3. The van der Waals surface area contributed by atoms with Crippen molar-refractivity contribution in [2.24, 2.45) is 7.05 Å². The molecule has 0 aliphatic carbocycles. The minimum absolute atomic E-state index is 0.401. The third kappa shape index (κ3) is 3.67. The summed E-state index contributed by atoms with van der Waals surface area (Å²) >= 11 is 1.45.